The molecule has 1 heterocycles. The number of para-hydroxylation sites is 1. The summed E-state index contributed by atoms with van der Waals surface area (Å²) in [6.07, 6.45) is 2.51. The molecule has 0 aromatic heterocycles. The summed E-state index contributed by atoms with van der Waals surface area (Å²) in [7, 11) is 0. The maximum Gasteiger partial charge on any atom is 0.258 e. The van der Waals surface area contributed by atoms with E-state index in [1.165, 1.54) is 5.01 Å². The van der Waals surface area contributed by atoms with E-state index in [4.69, 9.17) is 0 Å². The number of benzene rings is 1. The van der Waals surface area contributed by atoms with Crippen molar-refractivity contribution in [3.05, 3.63) is 30.3 Å². The highest BCUT2D eigenvalue weighted by atomic mass is 16.2. The molecular weight excluding hydrogens is 244 g/mol. The van der Waals surface area contributed by atoms with Crippen molar-refractivity contribution in [1.82, 2.24) is 5.43 Å². The molecule has 1 aliphatic heterocycles. The second kappa shape index (κ2) is 7.50. The van der Waals surface area contributed by atoms with E-state index in [0.29, 0.717) is 12.1 Å². The van der Waals surface area contributed by atoms with Gasteiger partial charge in [0.05, 0.1) is 5.69 Å². The van der Waals surface area contributed by atoms with Gasteiger partial charge in [0.25, 0.3) is 11.8 Å². The summed E-state index contributed by atoms with van der Waals surface area (Å²) in [5.74, 6) is 7.15. The zero-order chi connectivity index (χ0) is 14.3. The number of hydrogen-bond donors (Lipinski definition) is 3. The molecule has 0 radical (unpaired) electrons. The number of amides is 2. The molecule has 1 atom stereocenters. The minimum absolute atomic E-state index is 0.144. The molecule has 1 aromatic rings. The Morgan fingerprint density at radius 1 is 1.21 bits per heavy atom. The molecule has 1 aliphatic rings. The zero-order valence-corrected chi connectivity index (χ0v) is 11.0. The Labute approximate surface area is 112 Å². The van der Waals surface area contributed by atoms with Gasteiger partial charge in [-0.05, 0) is 18.6 Å². The normalized spacial score (nSPS) is 17.8. The van der Waals surface area contributed by atoms with Crippen molar-refractivity contribution in [2.24, 2.45) is 17.6 Å². The summed E-state index contributed by atoms with van der Waals surface area (Å²) in [4.78, 5) is 23.8. The quantitative estimate of drug-likeness (QED) is 0.423. The number of nitrogens with one attached hydrogen (secondary N) is 1. The lowest BCUT2D eigenvalue weighted by molar-refractivity contribution is -0.127. The first kappa shape index (κ1) is 15.1. The standard InChI is InChI=1S/C13H16N2O2.H4N2/c1-2-3-9-11-12(16)14-15(13(11)17)10-7-5-4-6-8-10;1-2/h4-8,11H,2-3,9H2,1H3,(H,14,16);1-2H2. The SMILES string of the molecule is CCCCC1C(=O)NN(c2ccccc2)C1=O.NN. The van der Waals surface area contributed by atoms with Gasteiger partial charge in [-0.25, -0.2) is 5.01 Å². The van der Waals surface area contributed by atoms with Crippen LogP contribution in [0.15, 0.2) is 30.3 Å². The number of anilines is 1. The molecule has 1 fully saturated rings. The van der Waals surface area contributed by atoms with Crippen molar-refractivity contribution in [1.29, 1.82) is 0 Å². The fourth-order valence-electron chi connectivity index (χ4n) is 1.94. The fraction of sp³-hybridized carbons (Fsp3) is 0.385. The van der Waals surface area contributed by atoms with Crippen molar-refractivity contribution in [3.63, 3.8) is 0 Å². The van der Waals surface area contributed by atoms with E-state index in [1.54, 1.807) is 12.1 Å². The van der Waals surface area contributed by atoms with Crippen LogP contribution in [0.3, 0.4) is 0 Å². The first-order chi connectivity index (χ1) is 9.24. The second-order valence-electron chi connectivity index (χ2n) is 4.18. The topological polar surface area (TPSA) is 101 Å². The molecule has 6 nitrogen and oxygen atoms in total. The molecule has 2 rings (SSSR count). The molecular formula is C13H20N4O2. The Balaban J connectivity index is 0.000000861. The molecule has 1 unspecified atom stereocenters. The summed E-state index contributed by atoms with van der Waals surface area (Å²) in [5, 5.41) is 1.35. The van der Waals surface area contributed by atoms with Gasteiger partial charge in [-0.15, -0.1) is 0 Å². The Morgan fingerprint density at radius 2 is 1.84 bits per heavy atom. The van der Waals surface area contributed by atoms with Crippen molar-refractivity contribution in [2.45, 2.75) is 26.2 Å². The third kappa shape index (κ3) is 3.52. The highest BCUT2D eigenvalue weighted by molar-refractivity contribution is 6.14. The Kier molecular flexibility index (Phi) is 5.98. The average molecular weight is 264 g/mol. The largest absolute Gasteiger partial charge is 0.274 e. The van der Waals surface area contributed by atoms with Gasteiger partial charge < -0.3 is 0 Å². The molecule has 5 N–H and O–H groups in total. The Morgan fingerprint density at radius 3 is 2.42 bits per heavy atom. The van der Waals surface area contributed by atoms with Crippen LogP contribution in [0.5, 0.6) is 0 Å². The van der Waals surface area contributed by atoms with Crippen molar-refractivity contribution < 1.29 is 9.59 Å². The fourth-order valence-corrected chi connectivity index (χ4v) is 1.94. The van der Waals surface area contributed by atoms with E-state index in [-0.39, 0.29) is 11.8 Å². The number of unbranched alkanes of at least 4 members (excludes halogenated alkanes) is 1. The van der Waals surface area contributed by atoms with E-state index >= 15 is 0 Å². The van der Waals surface area contributed by atoms with E-state index in [0.717, 1.165) is 12.8 Å². The van der Waals surface area contributed by atoms with Crippen molar-refractivity contribution in [3.8, 4) is 0 Å². The molecule has 1 aromatic carbocycles. The van der Waals surface area contributed by atoms with Gasteiger partial charge in [0.1, 0.15) is 5.92 Å². The predicted molar refractivity (Wildman–Crippen MR) is 73.5 cm³/mol. The summed E-state index contributed by atoms with van der Waals surface area (Å²) in [5.41, 5.74) is 3.34. The Bertz CT molecular complexity index is 422. The molecule has 2 amide bonds. The van der Waals surface area contributed by atoms with Crippen LogP contribution in [0.2, 0.25) is 0 Å². The lowest BCUT2D eigenvalue weighted by Gasteiger charge is -2.14. The maximum atomic E-state index is 12.1. The van der Waals surface area contributed by atoms with Gasteiger partial charge in [-0.1, -0.05) is 38.0 Å². The van der Waals surface area contributed by atoms with Crippen LogP contribution in [-0.4, -0.2) is 11.8 Å². The van der Waals surface area contributed by atoms with Gasteiger partial charge in [-0.2, -0.15) is 0 Å². The van der Waals surface area contributed by atoms with Crippen LogP contribution in [-0.2, 0) is 9.59 Å². The molecule has 19 heavy (non-hydrogen) atoms. The van der Waals surface area contributed by atoms with E-state index in [9.17, 15) is 9.59 Å². The van der Waals surface area contributed by atoms with E-state index in [2.05, 4.69) is 17.1 Å². The zero-order valence-electron chi connectivity index (χ0n) is 11.0. The third-order valence-electron chi connectivity index (χ3n) is 2.92. The van der Waals surface area contributed by atoms with Crippen LogP contribution in [0.4, 0.5) is 5.69 Å². The summed E-state index contributed by atoms with van der Waals surface area (Å²) in [6, 6.07) is 9.17. The van der Waals surface area contributed by atoms with Crippen LogP contribution in [0.1, 0.15) is 26.2 Å². The van der Waals surface area contributed by atoms with Gasteiger partial charge in [0, 0.05) is 0 Å². The van der Waals surface area contributed by atoms with Gasteiger partial charge >= 0.3 is 0 Å². The highest BCUT2D eigenvalue weighted by Gasteiger charge is 2.39. The number of hydrogen-bond acceptors (Lipinski definition) is 4. The number of nitrogens with two attached hydrogens (primary N) is 2. The van der Waals surface area contributed by atoms with Gasteiger partial charge in [0.15, 0.2) is 0 Å². The first-order valence-electron chi connectivity index (χ1n) is 6.27. The summed E-state index contributed by atoms with van der Waals surface area (Å²) in [6.45, 7) is 2.05. The number of nitrogens with zero attached hydrogens (tertiary/aromatic N) is 1. The smallest absolute Gasteiger partial charge is 0.258 e. The van der Waals surface area contributed by atoms with Crippen LogP contribution < -0.4 is 22.1 Å². The Hall–Kier alpha value is -1.92. The molecule has 104 valence electrons. The molecule has 0 spiro atoms. The van der Waals surface area contributed by atoms with Crippen molar-refractivity contribution in [2.75, 3.05) is 5.01 Å². The van der Waals surface area contributed by atoms with Crippen LogP contribution >= 0.6 is 0 Å². The molecule has 0 bridgehead atoms. The highest BCUT2D eigenvalue weighted by Crippen LogP contribution is 2.22. The second-order valence-corrected chi connectivity index (χ2v) is 4.18. The first-order valence-corrected chi connectivity index (χ1v) is 6.27. The molecule has 6 heteroatoms. The minimum Gasteiger partial charge on any atom is -0.274 e. The van der Waals surface area contributed by atoms with E-state index in [1.807, 2.05) is 25.1 Å². The predicted octanol–water partition coefficient (Wildman–Crippen LogP) is 0.690. The third-order valence-corrected chi connectivity index (χ3v) is 2.92. The average Bonchev–Trinajstić information content (AvgIpc) is 2.75. The van der Waals surface area contributed by atoms with Gasteiger partial charge in [0.2, 0.25) is 0 Å². The van der Waals surface area contributed by atoms with Crippen LogP contribution in [0.25, 0.3) is 0 Å². The number of rotatable bonds is 4. The monoisotopic (exact) mass is 264 g/mol. The molecule has 0 saturated carbocycles. The van der Waals surface area contributed by atoms with E-state index < -0.39 is 5.92 Å². The van der Waals surface area contributed by atoms with Gasteiger partial charge in [-0.3, -0.25) is 26.7 Å². The summed E-state index contributed by atoms with van der Waals surface area (Å²) < 4.78 is 0. The lowest BCUT2D eigenvalue weighted by Crippen LogP contribution is -2.35. The molecule has 0 aliphatic carbocycles. The maximum absolute atomic E-state index is 12.1. The van der Waals surface area contributed by atoms with Crippen molar-refractivity contribution >= 4 is 17.5 Å². The lowest BCUT2D eigenvalue weighted by atomic mass is 10.0. The number of hydrazine groups is 2. The van der Waals surface area contributed by atoms with Crippen LogP contribution in [0, 0.1) is 5.92 Å². The minimum atomic E-state index is -0.518. The number of carbonyl (C=O) groups excluding carboxylic acids is 2. The summed E-state index contributed by atoms with van der Waals surface area (Å²) >= 11 is 0. The number of carbonyl (C=O) groups is 2. The molecule has 1 saturated heterocycles.